The minimum absolute atomic E-state index is 0.0864. The molecule has 2 saturated heterocycles. The van der Waals surface area contributed by atoms with Gasteiger partial charge >= 0.3 is 6.03 Å². The van der Waals surface area contributed by atoms with Crippen molar-refractivity contribution in [3.05, 3.63) is 12.3 Å². The lowest BCUT2D eigenvalue weighted by atomic mass is 10.1. The number of anilines is 1. The number of piperidine rings is 1. The Balaban J connectivity index is 1.60. The first-order chi connectivity index (χ1) is 11.1. The topological polar surface area (TPSA) is 82.5 Å². The quantitative estimate of drug-likeness (QED) is 0.798. The van der Waals surface area contributed by atoms with Crippen LogP contribution in [0.3, 0.4) is 0 Å². The summed E-state index contributed by atoms with van der Waals surface area (Å²) in [5.41, 5.74) is 0. The molecule has 0 unspecified atom stereocenters. The van der Waals surface area contributed by atoms with E-state index in [-0.39, 0.29) is 18.0 Å². The van der Waals surface area contributed by atoms with Gasteiger partial charge in [0.1, 0.15) is 11.9 Å². The number of rotatable bonds is 2. The Hall–Kier alpha value is -2.25. The van der Waals surface area contributed by atoms with Crippen LogP contribution >= 0.6 is 0 Å². The van der Waals surface area contributed by atoms with Crippen molar-refractivity contribution in [2.45, 2.75) is 31.8 Å². The standard InChI is InChI=1S/C15H24N6O2/c1-11-14(22)16-7-9-21(11)15(23)18-12-4-3-8-20(10-12)13-5-6-17-19(13)2/h5-6,11-12H,3-4,7-10H2,1-2H3,(H,16,22)(H,18,23)/t11-,12+/m0/s1. The molecule has 0 aliphatic carbocycles. The molecular weight excluding hydrogens is 296 g/mol. The molecule has 0 spiro atoms. The monoisotopic (exact) mass is 320 g/mol. The minimum atomic E-state index is -0.416. The lowest BCUT2D eigenvalue weighted by molar-refractivity contribution is -0.126. The molecular formula is C15H24N6O2. The smallest absolute Gasteiger partial charge is 0.318 e. The molecule has 2 atom stereocenters. The molecule has 3 heterocycles. The number of urea groups is 1. The van der Waals surface area contributed by atoms with E-state index in [4.69, 9.17) is 0 Å². The number of nitrogens with zero attached hydrogens (tertiary/aromatic N) is 4. The summed E-state index contributed by atoms with van der Waals surface area (Å²) in [4.78, 5) is 28.0. The molecule has 2 aliphatic heterocycles. The molecule has 2 aliphatic rings. The van der Waals surface area contributed by atoms with Gasteiger partial charge in [-0.3, -0.25) is 9.48 Å². The molecule has 0 bridgehead atoms. The van der Waals surface area contributed by atoms with E-state index in [9.17, 15) is 9.59 Å². The van der Waals surface area contributed by atoms with Gasteiger partial charge in [0.15, 0.2) is 0 Å². The third-order valence-electron chi connectivity index (χ3n) is 4.63. The number of hydrogen-bond acceptors (Lipinski definition) is 4. The summed E-state index contributed by atoms with van der Waals surface area (Å²) in [7, 11) is 1.92. The fourth-order valence-electron chi connectivity index (χ4n) is 3.30. The molecule has 1 aromatic heterocycles. The van der Waals surface area contributed by atoms with Crippen LogP contribution in [0, 0.1) is 0 Å². The van der Waals surface area contributed by atoms with Gasteiger partial charge in [-0.05, 0) is 19.8 Å². The Kier molecular flexibility index (Phi) is 4.40. The summed E-state index contributed by atoms with van der Waals surface area (Å²) >= 11 is 0. The van der Waals surface area contributed by atoms with Crippen LogP contribution in [0.4, 0.5) is 10.6 Å². The zero-order valence-electron chi connectivity index (χ0n) is 13.7. The van der Waals surface area contributed by atoms with E-state index < -0.39 is 6.04 Å². The van der Waals surface area contributed by atoms with Crippen LogP contribution in [0.2, 0.25) is 0 Å². The molecule has 0 saturated carbocycles. The van der Waals surface area contributed by atoms with Crippen LogP contribution in [-0.4, -0.2) is 64.9 Å². The fourth-order valence-corrected chi connectivity index (χ4v) is 3.30. The highest BCUT2D eigenvalue weighted by Gasteiger charge is 2.31. The first kappa shape index (κ1) is 15.6. The van der Waals surface area contributed by atoms with Crippen molar-refractivity contribution in [3.63, 3.8) is 0 Å². The molecule has 1 aromatic rings. The molecule has 8 nitrogen and oxygen atoms in total. The Labute approximate surface area is 135 Å². The normalized spacial score (nSPS) is 25.2. The van der Waals surface area contributed by atoms with Crippen LogP contribution in [0.5, 0.6) is 0 Å². The summed E-state index contributed by atoms with van der Waals surface area (Å²) in [6.45, 7) is 4.56. The van der Waals surface area contributed by atoms with Gasteiger partial charge in [-0.25, -0.2) is 4.79 Å². The molecule has 0 aromatic carbocycles. The summed E-state index contributed by atoms with van der Waals surface area (Å²) in [6.07, 6.45) is 3.76. The van der Waals surface area contributed by atoms with Crippen molar-refractivity contribution in [2.24, 2.45) is 7.05 Å². The summed E-state index contributed by atoms with van der Waals surface area (Å²) < 4.78 is 1.85. The number of carbonyl (C=O) groups is 2. The van der Waals surface area contributed by atoms with Crippen molar-refractivity contribution in [1.29, 1.82) is 0 Å². The Morgan fingerprint density at radius 1 is 1.43 bits per heavy atom. The van der Waals surface area contributed by atoms with Crippen molar-refractivity contribution >= 4 is 17.8 Å². The molecule has 126 valence electrons. The van der Waals surface area contributed by atoms with Gasteiger partial charge < -0.3 is 20.4 Å². The minimum Gasteiger partial charge on any atom is -0.355 e. The predicted molar refractivity (Wildman–Crippen MR) is 86.2 cm³/mol. The molecule has 0 radical (unpaired) electrons. The zero-order chi connectivity index (χ0) is 16.4. The largest absolute Gasteiger partial charge is 0.355 e. The van der Waals surface area contributed by atoms with Crippen molar-refractivity contribution in [2.75, 3.05) is 31.1 Å². The zero-order valence-corrected chi connectivity index (χ0v) is 13.7. The third kappa shape index (κ3) is 3.25. The molecule has 8 heteroatoms. The van der Waals surface area contributed by atoms with E-state index in [1.54, 1.807) is 18.0 Å². The second-order valence-electron chi connectivity index (χ2n) is 6.21. The van der Waals surface area contributed by atoms with Crippen molar-refractivity contribution < 1.29 is 9.59 Å². The van der Waals surface area contributed by atoms with Crippen LogP contribution in [0.15, 0.2) is 12.3 Å². The van der Waals surface area contributed by atoms with Gasteiger partial charge in [0.05, 0.1) is 6.20 Å². The third-order valence-corrected chi connectivity index (χ3v) is 4.63. The van der Waals surface area contributed by atoms with Gasteiger partial charge in [-0.15, -0.1) is 0 Å². The lowest BCUT2D eigenvalue weighted by Gasteiger charge is -2.37. The molecule has 23 heavy (non-hydrogen) atoms. The molecule has 2 N–H and O–H groups in total. The van der Waals surface area contributed by atoms with E-state index in [1.165, 1.54) is 0 Å². The van der Waals surface area contributed by atoms with Crippen molar-refractivity contribution in [3.8, 4) is 0 Å². The number of amides is 3. The van der Waals surface area contributed by atoms with E-state index in [1.807, 2.05) is 17.8 Å². The fraction of sp³-hybridized carbons (Fsp3) is 0.667. The highest BCUT2D eigenvalue weighted by molar-refractivity contribution is 5.88. The maximum absolute atomic E-state index is 12.5. The molecule has 3 amide bonds. The van der Waals surface area contributed by atoms with Crippen LogP contribution < -0.4 is 15.5 Å². The summed E-state index contributed by atoms with van der Waals surface area (Å²) in [6, 6.07) is 1.51. The number of aryl methyl sites for hydroxylation is 1. The van der Waals surface area contributed by atoms with E-state index in [2.05, 4.69) is 20.6 Å². The predicted octanol–water partition coefficient (Wildman–Crippen LogP) is -0.0812. The second kappa shape index (κ2) is 6.47. The Morgan fingerprint density at radius 2 is 2.26 bits per heavy atom. The summed E-state index contributed by atoms with van der Waals surface area (Å²) in [5.74, 6) is 0.973. The first-order valence-electron chi connectivity index (χ1n) is 8.14. The number of piperazine rings is 1. The van der Waals surface area contributed by atoms with Gasteiger partial charge in [-0.2, -0.15) is 5.10 Å². The maximum Gasteiger partial charge on any atom is 0.318 e. The average Bonchev–Trinajstić information content (AvgIpc) is 2.96. The maximum atomic E-state index is 12.5. The highest BCUT2D eigenvalue weighted by atomic mass is 16.2. The van der Waals surface area contributed by atoms with Gasteiger partial charge in [0.25, 0.3) is 0 Å². The summed E-state index contributed by atoms with van der Waals surface area (Å²) in [5, 5.41) is 10.1. The second-order valence-corrected chi connectivity index (χ2v) is 6.21. The Bertz CT molecular complexity index is 586. The SMILES string of the molecule is C[C@H]1C(=O)NCCN1C(=O)N[C@@H]1CCCN(c2ccnn2C)C1. The number of nitrogens with one attached hydrogen (secondary N) is 2. The molecule has 2 fully saturated rings. The average molecular weight is 320 g/mol. The highest BCUT2D eigenvalue weighted by Crippen LogP contribution is 2.19. The van der Waals surface area contributed by atoms with Crippen LogP contribution in [-0.2, 0) is 11.8 Å². The number of hydrogen-bond donors (Lipinski definition) is 2. The van der Waals surface area contributed by atoms with Crippen LogP contribution in [0.1, 0.15) is 19.8 Å². The first-order valence-corrected chi connectivity index (χ1v) is 8.14. The Morgan fingerprint density at radius 3 is 3.00 bits per heavy atom. The van der Waals surface area contributed by atoms with Gasteiger partial charge in [0, 0.05) is 45.3 Å². The number of aromatic nitrogens is 2. The number of carbonyl (C=O) groups excluding carboxylic acids is 2. The van der Waals surface area contributed by atoms with Crippen molar-refractivity contribution in [1.82, 2.24) is 25.3 Å². The van der Waals surface area contributed by atoms with E-state index in [0.717, 1.165) is 31.7 Å². The lowest BCUT2D eigenvalue weighted by Crippen LogP contribution is -2.60. The van der Waals surface area contributed by atoms with Gasteiger partial charge in [0.2, 0.25) is 5.91 Å². The van der Waals surface area contributed by atoms with E-state index in [0.29, 0.717) is 13.1 Å². The van der Waals surface area contributed by atoms with E-state index >= 15 is 0 Å². The molecule has 3 rings (SSSR count). The van der Waals surface area contributed by atoms with Gasteiger partial charge in [-0.1, -0.05) is 0 Å². The van der Waals surface area contributed by atoms with Crippen LogP contribution in [0.25, 0.3) is 0 Å².